The Morgan fingerprint density at radius 3 is 2.59 bits per heavy atom. The fourth-order valence-electron chi connectivity index (χ4n) is 4.40. The van der Waals surface area contributed by atoms with Crippen LogP contribution in [-0.2, 0) is 6.54 Å². The largest absolute Gasteiger partial charge is 0.493 e. The molecule has 3 aromatic rings. The Balaban J connectivity index is 1.43. The molecule has 2 aromatic carbocycles. The van der Waals surface area contributed by atoms with Crippen molar-refractivity contribution in [2.45, 2.75) is 25.6 Å². The Morgan fingerprint density at radius 2 is 1.89 bits per heavy atom. The molecule has 2 unspecified atom stereocenters. The van der Waals surface area contributed by atoms with Gasteiger partial charge in [-0.1, -0.05) is 15.9 Å². The highest BCUT2D eigenvalue weighted by Crippen LogP contribution is 2.40. The van der Waals surface area contributed by atoms with Gasteiger partial charge in [-0.25, -0.2) is 9.37 Å². The normalized spacial score (nSPS) is 16.3. The van der Waals surface area contributed by atoms with E-state index in [2.05, 4.69) is 41.4 Å². The number of nitrogens with zero attached hydrogens (tertiary/aromatic N) is 3. The molecule has 11 heteroatoms. The first kappa shape index (κ1) is 26.9. The fraction of sp³-hybridized carbons (Fsp3) is 0.385. The molecule has 0 amide bonds. The van der Waals surface area contributed by atoms with Crippen molar-refractivity contribution in [1.29, 1.82) is 0 Å². The van der Waals surface area contributed by atoms with Gasteiger partial charge in [0.05, 0.1) is 21.3 Å². The van der Waals surface area contributed by atoms with Crippen molar-refractivity contribution in [2.24, 2.45) is 5.92 Å². The number of aliphatic hydroxyl groups excluding tert-OH is 1. The van der Waals surface area contributed by atoms with Crippen LogP contribution in [0.2, 0.25) is 0 Å². The van der Waals surface area contributed by atoms with Crippen molar-refractivity contribution in [3.8, 4) is 17.2 Å². The van der Waals surface area contributed by atoms with E-state index in [1.807, 2.05) is 6.07 Å². The minimum atomic E-state index is -0.778. The summed E-state index contributed by atoms with van der Waals surface area (Å²) in [6.07, 6.45) is 2.67. The van der Waals surface area contributed by atoms with Gasteiger partial charge in [0.1, 0.15) is 17.9 Å². The number of halogens is 2. The minimum Gasteiger partial charge on any atom is -0.493 e. The van der Waals surface area contributed by atoms with Gasteiger partial charge in [-0.05, 0) is 37.1 Å². The smallest absolute Gasteiger partial charge is 0.229 e. The van der Waals surface area contributed by atoms with Gasteiger partial charge in [-0.2, -0.15) is 4.98 Å². The van der Waals surface area contributed by atoms with Crippen LogP contribution in [0.15, 0.2) is 47.1 Å². The van der Waals surface area contributed by atoms with Gasteiger partial charge >= 0.3 is 0 Å². The highest BCUT2D eigenvalue weighted by molar-refractivity contribution is 9.10. The predicted molar refractivity (Wildman–Crippen MR) is 143 cm³/mol. The minimum absolute atomic E-state index is 0.0366. The molecule has 2 heterocycles. The van der Waals surface area contributed by atoms with E-state index in [9.17, 15) is 9.50 Å². The average molecular weight is 576 g/mol. The summed E-state index contributed by atoms with van der Waals surface area (Å²) in [5.74, 6) is 2.36. The zero-order valence-electron chi connectivity index (χ0n) is 21.0. The van der Waals surface area contributed by atoms with E-state index in [4.69, 9.17) is 14.2 Å². The van der Waals surface area contributed by atoms with E-state index >= 15 is 0 Å². The summed E-state index contributed by atoms with van der Waals surface area (Å²) >= 11 is 3.36. The molecule has 3 N–H and O–H groups in total. The van der Waals surface area contributed by atoms with Crippen molar-refractivity contribution >= 4 is 33.4 Å². The van der Waals surface area contributed by atoms with Crippen molar-refractivity contribution in [2.75, 3.05) is 44.6 Å². The third-order valence-corrected chi connectivity index (χ3v) is 6.79. The van der Waals surface area contributed by atoms with Crippen LogP contribution in [0.4, 0.5) is 21.8 Å². The molecule has 0 saturated carbocycles. The first-order valence-corrected chi connectivity index (χ1v) is 12.7. The van der Waals surface area contributed by atoms with Crippen LogP contribution in [0.3, 0.4) is 0 Å². The number of methoxy groups -OCH3 is 3. The number of hydrogen-bond donors (Lipinski definition) is 3. The van der Waals surface area contributed by atoms with E-state index in [-0.39, 0.29) is 18.3 Å². The summed E-state index contributed by atoms with van der Waals surface area (Å²) in [4.78, 5) is 11.2. The number of ether oxygens (including phenoxy) is 3. The van der Waals surface area contributed by atoms with Gasteiger partial charge in [-0.3, -0.25) is 5.32 Å². The zero-order valence-corrected chi connectivity index (χ0v) is 22.6. The fourth-order valence-corrected chi connectivity index (χ4v) is 4.81. The first-order valence-electron chi connectivity index (χ1n) is 11.9. The lowest BCUT2D eigenvalue weighted by Crippen LogP contribution is -2.46. The number of benzene rings is 2. The monoisotopic (exact) mass is 575 g/mol. The molecule has 198 valence electrons. The van der Waals surface area contributed by atoms with E-state index < -0.39 is 6.23 Å². The van der Waals surface area contributed by atoms with Crippen LogP contribution >= 0.6 is 15.9 Å². The Labute approximate surface area is 224 Å². The quantitative estimate of drug-likeness (QED) is 0.302. The van der Waals surface area contributed by atoms with E-state index in [0.717, 1.165) is 29.7 Å². The summed E-state index contributed by atoms with van der Waals surface area (Å²) in [7, 11) is 4.67. The van der Waals surface area contributed by atoms with Crippen LogP contribution in [0, 0.1) is 11.7 Å². The molecule has 37 heavy (non-hydrogen) atoms. The first-order chi connectivity index (χ1) is 17.9. The van der Waals surface area contributed by atoms with Gasteiger partial charge in [0.25, 0.3) is 0 Å². The molecule has 1 aliphatic rings. The van der Waals surface area contributed by atoms with Gasteiger partial charge in [-0.15, -0.1) is 0 Å². The molecule has 0 spiro atoms. The van der Waals surface area contributed by atoms with Crippen molar-refractivity contribution in [3.05, 3.63) is 58.4 Å². The van der Waals surface area contributed by atoms with Crippen molar-refractivity contribution in [3.63, 3.8) is 0 Å². The van der Waals surface area contributed by atoms with Gasteiger partial charge in [0.2, 0.25) is 11.7 Å². The molecule has 1 saturated heterocycles. The molecule has 0 aliphatic carbocycles. The average Bonchev–Trinajstić information content (AvgIpc) is 2.93. The Kier molecular flexibility index (Phi) is 9.01. The third-order valence-electron chi connectivity index (χ3n) is 6.30. The van der Waals surface area contributed by atoms with Crippen molar-refractivity contribution in [1.82, 2.24) is 15.3 Å². The zero-order chi connectivity index (χ0) is 26.4. The highest BCUT2D eigenvalue weighted by Gasteiger charge is 2.27. The van der Waals surface area contributed by atoms with Crippen LogP contribution in [0.1, 0.15) is 18.4 Å². The Bertz CT molecular complexity index is 1190. The number of hydrogen-bond acceptors (Lipinski definition) is 9. The number of nitrogens with one attached hydrogen (secondary N) is 2. The summed E-state index contributed by atoms with van der Waals surface area (Å²) in [6, 6.07) is 10.2. The van der Waals surface area contributed by atoms with E-state index in [0.29, 0.717) is 41.0 Å². The lowest BCUT2D eigenvalue weighted by molar-refractivity contribution is 0.0645. The SMILES string of the molecule is COc1cc(Nc2nccc(N3CCCC(C(O)NCc4cc(Br)ccc4F)C3)n2)cc(OC)c1OC. The molecule has 1 aliphatic heterocycles. The predicted octanol–water partition coefficient (Wildman–Crippen LogP) is 4.47. The second-order valence-corrected chi connectivity index (χ2v) is 9.60. The number of aromatic nitrogens is 2. The van der Waals surface area contributed by atoms with Gasteiger partial charge < -0.3 is 29.5 Å². The molecule has 2 atom stereocenters. The van der Waals surface area contributed by atoms with Gasteiger partial charge in [0, 0.05) is 59.6 Å². The van der Waals surface area contributed by atoms with Crippen LogP contribution < -0.4 is 29.7 Å². The summed E-state index contributed by atoms with van der Waals surface area (Å²) in [5, 5.41) is 17.1. The van der Waals surface area contributed by atoms with E-state index in [1.165, 1.54) is 6.07 Å². The molecule has 0 bridgehead atoms. The van der Waals surface area contributed by atoms with E-state index in [1.54, 1.807) is 51.8 Å². The molecule has 1 aromatic heterocycles. The molecular weight excluding hydrogens is 545 g/mol. The molecule has 9 nitrogen and oxygen atoms in total. The molecule has 1 fully saturated rings. The standard InChI is InChI=1S/C26H31BrFN5O4/c1-35-21-12-19(13-22(36-2)24(21)37-3)31-26-29-9-8-23(32-26)33-10-4-5-16(15-33)25(34)30-14-17-11-18(27)6-7-20(17)28/h6-9,11-13,16,25,30,34H,4-5,10,14-15H2,1-3H3,(H,29,31,32). The topological polar surface area (TPSA) is 101 Å². The highest BCUT2D eigenvalue weighted by atomic mass is 79.9. The van der Waals surface area contributed by atoms with Crippen LogP contribution in [0.25, 0.3) is 0 Å². The summed E-state index contributed by atoms with van der Waals surface area (Å²) in [5.41, 5.74) is 1.18. The maximum atomic E-state index is 14.1. The van der Waals surface area contributed by atoms with Gasteiger partial charge in [0.15, 0.2) is 11.5 Å². The summed E-state index contributed by atoms with van der Waals surface area (Å²) < 4.78 is 31.1. The maximum absolute atomic E-state index is 14.1. The number of rotatable bonds is 10. The number of anilines is 3. The van der Waals surface area contributed by atoms with Crippen LogP contribution in [-0.4, -0.2) is 55.7 Å². The third kappa shape index (κ3) is 6.60. The number of aliphatic hydroxyl groups is 1. The summed E-state index contributed by atoms with van der Waals surface area (Å²) in [6.45, 7) is 1.65. The molecule has 4 rings (SSSR count). The van der Waals surface area contributed by atoms with Crippen molar-refractivity contribution < 1.29 is 23.7 Å². The lowest BCUT2D eigenvalue weighted by Gasteiger charge is -2.36. The second kappa shape index (κ2) is 12.4. The second-order valence-electron chi connectivity index (χ2n) is 8.69. The van der Waals surface area contributed by atoms with Crippen LogP contribution in [0.5, 0.6) is 17.2 Å². The number of piperidine rings is 1. The Hall–Kier alpha value is -3.15. The molecular formula is C26H31BrFN5O4. The molecule has 0 radical (unpaired) electrons. The Morgan fingerprint density at radius 1 is 1.14 bits per heavy atom. The lowest BCUT2D eigenvalue weighted by atomic mass is 9.96. The maximum Gasteiger partial charge on any atom is 0.229 e.